The molecule has 11 radical (unpaired) electrons. The maximum atomic E-state index is 5.35. The second-order valence-electron chi connectivity index (χ2n) is 1.92. The predicted molar refractivity (Wildman–Crippen MR) is 51.8 cm³/mol. The van der Waals surface area contributed by atoms with Crippen LogP contribution in [-0.4, -0.2) is 64.9 Å². The topological polar surface area (TPSA) is 0 Å². The summed E-state index contributed by atoms with van der Waals surface area (Å²) in [5.74, 6) is 0. The van der Waals surface area contributed by atoms with Crippen molar-refractivity contribution < 1.29 is 0 Å². The number of rotatable bonds is 3. The molecule has 0 aliphatic carbocycles. The fraction of sp³-hybridized carbons (Fsp3) is 0. The lowest BCUT2D eigenvalue weighted by atomic mass is 8.70. The molecule has 0 N–H and O–H groups in total. The Kier molecular flexibility index (Phi) is 4.69. The molecule has 0 aromatic carbocycles. The monoisotopic (exact) mass is 99.1 g/mol. The minimum Gasteiger partial charge on any atom is 0 e. The first kappa shape index (κ1) is 9.58. The van der Waals surface area contributed by atoms with E-state index in [9.17, 15) is 0 Å². The Labute approximate surface area is 65.5 Å². The van der Waals surface area contributed by atoms with Gasteiger partial charge < -0.3 is 0 Å². The fourth-order valence-corrected chi connectivity index (χ4v) is 0.385. The van der Waals surface area contributed by atoms with Gasteiger partial charge in [0.25, 0.3) is 0 Å². The van der Waals surface area contributed by atoms with E-state index in [4.69, 9.17) is 38.7 Å². The van der Waals surface area contributed by atoms with Gasteiger partial charge in [0.1, 0.15) is 0 Å². The van der Waals surface area contributed by atoms with Crippen LogP contribution >= 0.6 is 0 Å². The Balaban J connectivity index is 3.38. The SMILES string of the molecule is [B]B([B])[B]B([B])B([B])[B]. The number of hydrogen-bond acceptors (Lipinski definition) is 0. The van der Waals surface area contributed by atoms with Crippen LogP contribution in [-0.2, 0) is 0 Å². The highest BCUT2D eigenvalue weighted by Crippen LogP contribution is 1.74. The largest absolute Gasteiger partial charge is 0 e. The molecular formula is B9. The smallest absolute Gasteiger partial charge is 0 e. The van der Waals surface area contributed by atoms with Crippen molar-refractivity contribution in [3.63, 3.8) is 0 Å². The van der Waals surface area contributed by atoms with Crippen molar-refractivity contribution in [2.75, 3.05) is 0 Å². The fourth-order valence-electron chi connectivity index (χ4n) is 0.385. The lowest BCUT2D eigenvalue weighted by molar-refractivity contribution is 3.64. The van der Waals surface area contributed by atoms with Crippen molar-refractivity contribution in [3.8, 4) is 0 Å². The van der Waals surface area contributed by atoms with Crippen LogP contribution in [0.5, 0.6) is 0 Å². The van der Waals surface area contributed by atoms with E-state index in [0.29, 0.717) is 0 Å². The molecule has 0 amide bonds. The first-order valence-corrected chi connectivity index (χ1v) is 2.67. The van der Waals surface area contributed by atoms with Crippen molar-refractivity contribution >= 4 is 64.9 Å². The van der Waals surface area contributed by atoms with E-state index in [1.807, 2.05) is 0 Å². The lowest BCUT2D eigenvalue weighted by Crippen LogP contribution is -2.50. The van der Waals surface area contributed by atoms with Gasteiger partial charge in [-0.1, -0.05) is 0 Å². The quantitative estimate of drug-likeness (QED) is 0.322. The van der Waals surface area contributed by atoms with Crippen LogP contribution < -0.4 is 0 Å². The van der Waals surface area contributed by atoms with Crippen molar-refractivity contribution in [1.29, 1.82) is 0 Å². The molecule has 0 saturated heterocycles. The minimum atomic E-state index is -0.584. The average Bonchev–Trinajstić information content (AvgIpc) is 1.63. The molecule has 0 bridgehead atoms. The summed E-state index contributed by atoms with van der Waals surface area (Å²) in [6, 6.07) is 0. The highest BCUT2D eigenvalue weighted by atomic mass is 12.9. The van der Waals surface area contributed by atoms with Crippen LogP contribution in [0.25, 0.3) is 0 Å². The van der Waals surface area contributed by atoms with Crippen molar-refractivity contribution in [2.45, 2.75) is 0 Å². The molecule has 0 nitrogen and oxygen atoms in total. The molecule has 0 rings (SSSR count). The second kappa shape index (κ2) is 4.41. The number of hydrogen-bond donors (Lipinski definition) is 0. The van der Waals surface area contributed by atoms with E-state index in [0.717, 1.165) is 0 Å². The van der Waals surface area contributed by atoms with E-state index < -0.39 is 19.2 Å². The molecule has 0 aliphatic heterocycles. The summed E-state index contributed by atoms with van der Waals surface area (Å²) < 4.78 is 0. The van der Waals surface area contributed by atoms with Crippen molar-refractivity contribution in [2.24, 2.45) is 0 Å². The molecule has 0 fully saturated rings. The van der Waals surface area contributed by atoms with Crippen LogP contribution in [0.3, 0.4) is 0 Å². The van der Waals surface area contributed by atoms with Gasteiger partial charge in [-0.15, -0.1) is 0 Å². The Morgan fingerprint density at radius 2 is 1.33 bits per heavy atom. The van der Waals surface area contributed by atoms with E-state index in [2.05, 4.69) is 0 Å². The zero-order chi connectivity index (χ0) is 7.44. The van der Waals surface area contributed by atoms with Gasteiger partial charge in [0.2, 0.25) is 0 Å². The van der Waals surface area contributed by atoms with E-state index in [1.54, 1.807) is 0 Å². The summed E-state index contributed by atoms with van der Waals surface area (Å²) in [7, 11) is 27.6. The molecule has 27 valence electrons. The zero-order valence-corrected chi connectivity index (χ0v) is 5.20. The van der Waals surface area contributed by atoms with Gasteiger partial charge in [-0.3, -0.25) is 0 Å². The molecular weight excluding hydrogens is 97.3 g/mol. The highest BCUT2D eigenvalue weighted by Gasteiger charge is 2.12. The summed E-state index contributed by atoms with van der Waals surface area (Å²) >= 11 is 0. The van der Waals surface area contributed by atoms with Crippen molar-refractivity contribution in [1.82, 2.24) is 0 Å². The summed E-state index contributed by atoms with van der Waals surface area (Å²) in [4.78, 5) is 0. The lowest BCUT2D eigenvalue weighted by Gasteiger charge is -2.12. The van der Waals surface area contributed by atoms with Gasteiger partial charge in [0.05, 0.1) is 0 Å². The molecule has 0 aliphatic rings. The molecule has 0 saturated carbocycles. The maximum Gasteiger partial charge on any atom is 0 e. The maximum absolute atomic E-state index is 5.35. The van der Waals surface area contributed by atoms with Crippen LogP contribution in [0.15, 0.2) is 0 Å². The normalized spacial score (nSPS) is 8.00. The second-order valence-corrected chi connectivity index (χ2v) is 1.92. The van der Waals surface area contributed by atoms with Gasteiger partial charge in [-0.05, 0) is 0 Å². The third-order valence-electron chi connectivity index (χ3n) is 0.889. The summed E-state index contributed by atoms with van der Waals surface area (Å²) in [5.41, 5.74) is 0. The van der Waals surface area contributed by atoms with Crippen molar-refractivity contribution in [3.05, 3.63) is 0 Å². The molecule has 0 aromatic heterocycles. The molecule has 9 heavy (non-hydrogen) atoms. The van der Waals surface area contributed by atoms with E-state index in [1.165, 1.54) is 7.06 Å². The molecule has 0 aromatic rings. The first-order valence-electron chi connectivity index (χ1n) is 2.67. The molecule has 0 atom stereocenters. The van der Waals surface area contributed by atoms with Gasteiger partial charge in [-0.2, -0.15) is 0 Å². The Hall–Kier alpha value is 0.584. The Morgan fingerprint density at radius 1 is 0.889 bits per heavy atom. The summed E-state index contributed by atoms with van der Waals surface area (Å²) in [5, 5.41) is 0. The van der Waals surface area contributed by atoms with Crippen LogP contribution in [0.4, 0.5) is 0 Å². The van der Waals surface area contributed by atoms with Gasteiger partial charge in [-0.25, -0.2) is 0 Å². The van der Waals surface area contributed by atoms with Crippen LogP contribution in [0.1, 0.15) is 0 Å². The zero-order valence-electron chi connectivity index (χ0n) is 5.20. The predicted octanol–water partition coefficient (Wildman–Crippen LogP) is -3.43. The third kappa shape index (κ3) is 5.05. The molecule has 0 heterocycles. The summed E-state index contributed by atoms with van der Waals surface area (Å²) in [6.45, 7) is 0. The van der Waals surface area contributed by atoms with Gasteiger partial charge in [0, 0.05) is 64.9 Å². The van der Waals surface area contributed by atoms with Crippen LogP contribution in [0, 0.1) is 0 Å². The molecule has 9 heteroatoms. The van der Waals surface area contributed by atoms with E-state index in [-0.39, 0.29) is 0 Å². The first-order chi connectivity index (χ1) is 4.04. The highest BCUT2D eigenvalue weighted by molar-refractivity contribution is 7.88. The minimum absolute atomic E-state index is 0.426. The average molecular weight is 97.3 g/mol. The molecule has 0 unspecified atom stereocenters. The van der Waals surface area contributed by atoms with Gasteiger partial charge in [0.15, 0.2) is 0 Å². The third-order valence-corrected chi connectivity index (χ3v) is 0.889. The molecule has 0 spiro atoms. The standard InChI is InChI=1S/B9/c1-7(2)6-9(5)8(3)4. The summed E-state index contributed by atoms with van der Waals surface area (Å²) in [6.07, 6.45) is -1.56. The van der Waals surface area contributed by atoms with E-state index >= 15 is 0 Å². The van der Waals surface area contributed by atoms with Gasteiger partial charge >= 0.3 is 0 Å². The Morgan fingerprint density at radius 3 is 1.44 bits per heavy atom. The Bertz CT molecular complexity index is 62.4. The van der Waals surface area contributed by atoms with Crippen LogP contribution in [0.2, 0.25) is 0 Å².